The number of nitrogens with zero attached hydrogens (tertiary/aromatic N) is 1. The van der Waals surface area contributed by atoms with Crippen LogP contribution in [0.5, 0.6) is 0 Å². The Kier molecular flexibility index (Phi) is 4.96. The van der Waals surface area contributed by atoms with Gasteiger partial charge in [-0.15, -0.1) is 0 Å². The monoisotopic (exact) mass is 292 g/mol. The largest absolute Gasteiger partial charge is 0.388 e. The third kappa shape index (κ3) is 4.02. The van der Waals surface area contributed by atoms with Crippen molar-refractivity contribution in [2.24, 2.45) is 0 Å². The zero-order valence-corrected chi connectivity index (χ0v) is 12.9. The smallest absolute Gasteiger partial charge is 0.252 e. The lowest BCUT2D eigenvalue weighted by atomic mass is 9.77. The van der Waals surface area contributed by atoms with Crippen LogP contribution in [0, 0.1) is 0 Å². The molecule has 1 fully saturated rings. The second kappa shape index (κ2) is 6.54. The molecule has 5 heteroatoms. The van der Waals surface area contributed by atoms with E-state index in [2.05, 4.69) is 24.1 Å². The number of pyridine rings is 1. The number of carbonyl (C=O) groups excluding carboxylic acids is 1. The van der Waals surface area contributed by atoms with Crippen LogP contribution in [0.2, 0.25) is 0 Å². The first kappa shape index (κ1) is 15.9. The number of hydrogen-bond acceptors (Lipinski definition) is 4. The van der Waals surface area contributed by atoms with Crippen molar-refractivity contribution in [2.75, 3.05) is 13.2 Å². The Bertz CT molecular complexity index is 479. The number of carbonyl (C=O) groups is 1. The first-order valence-corrected chi connectivity index (χ1v) is 7.51. The summed E-state index contributed by atoms with van der Waals surface area (Å²) in [4.78, 5) is 16.3. The number of nitrogens with one attached hydrogen (secondary N) is 1. The average Bonchev–Trinajstić information content (AvgIpc) is 2.43. The molecule has 0 radical (unpaired) electrons. The number of hydrogen-bond donors (Lipinski definition) is 2. The molecule has 1 amide bonds. The van der Waals surface area contributed by atoms with Crippen molar-refractivity contribution in [3.05, 3.63) is 29.6 Å². The van der Waals surface area contributed by atoms with Crippen LogP contribution in [-0.2, 0) is 4.74 Å². The van der Waals surface area contributed by atoms with Gasteiger partial charge in [0.1, 0.15) is 0 Å². The van der Waals surface area contributed by atoms with E-state index in [1.807, 2.05) is 13.0 Å². The average molecular weight is 292 g/mol. The standard InChI is InChI=1S/C16H24N2O3/c1-4-21-13-7-16(20,8-13)10-18-15(19)12-5-6-14(11(2)3)17-9-12/h5-6,9,11,13,20H,4,7-8,10H2,1-3H3,(H,18,19). The third-order valence-corrected chi connectivity index (χ3v) is 3.84. The van der Waals surface area contributed by atoms with Crippen LogP contribution in [0.25, 0.3) is 0 Å². The molecular weight excluding hydrogens is 268 g/mol. The zero-order chi connectivity index (χ0) is 15.5. The summed E-state index contributed by atoms with van der Waals surface area (Å²) in [6, 6.07) is 3.63. The Balaban J connectivity index is 1.82. The maximum atomic E-state index is 12.0. The van der Waals surface area contributed by atoms with Gasteiger partial charge < -0.3 is 15.2 Å². The molecular formula is C16H24N2O3. The number of amides is 1. The van der Waals surface area contributed by atoms with Gasteiger partial charge in [0.05, 0.1) is 17.3 Å². The van der Waals surface area contributed by atoms with Crippen molar-refractivity contribution in [3.63, 3.8) is 0 Å². The van der Waals surface area contributed by atoms with E-state index in [4.69, 9.17) is 4.74 Å². The molecule has 1 heterocycles. The summed E-state index contributed by atoms with van der Waals surface area (Å²) >= 11 is 0. The molecule has 1 aromatic rings. The fourth-order valence-corrected chi connectivity index (χ4v) is 2.51. The molecule has 0 aromatic carbocycles. The highest BCUT2D eigenvalue weighted by Crippen LogP contribution is 2.33. The molecule has 5 nitrogen and oxygen atoms in total. The number of rotatable bonds is 6. The lowest BCUT2D eigenvalue weighted by Crippen LogP contribution is -2.55. The molecule has 0 unspecified atom stereocenters. The predicted octanol–water partition coefficient (Wildman–Crippen LogP) is 1.86. The van der Waals surface area contributed by atoms with Gasteiger partial charge in [-0.3, -0.25) is 9.78 Å². The predicted molar refractivity (Wildman–Crippen MR) is 80.3 cm³/mol. The number of ether oxygens (including phenoxy) is 1. The molecule has 0 saturated heterocycles. The summed E-state index contributed by atoms with van der Waals surface area (Å²) in [7, 11) is 0. The second-order valence-electron chi connectivity index (χ2n) is 6.02. The maximum absolute atomic E-state index is 12.0. The summed E-state index contributed by atoms with van der Waals surface area (Å²) in [6.07, 6.45) is 2.85. The third-order valence-electron chi connectivity index (χ3n) is 3.84. The minimum atomic E-state index is -0.833. The Morgan fingerprint density at radius 2 is 2.24 bits per heavy atom. The van der Waals surface area contributed by atoms with E-state index in [0.29, 0.717) is 30.9 Å². The van der Waals surface area contributed by atoms with Crippen molar-refractivity contribution < 1.29 is 14.6 Å². The van der Waals surface area contributed by atoms with E-state index >= 15 is 0 Å². The molecule has 0 spiro atoms. The SMILES string of the molecule is CCOC1CC(O)(CNC(=O)c2ccc(C(C)C)nc2)C1. The Morgan fingerprint density at radius 1 is 1.52 bits per heavy atom. The molecule has 1 aromatic heterocycles. The van der Waals surface area contributed by atoms with E-state index in [-0.39, 0.29) is 18.6 Å². The zero-order valence-electron chi connectivity index (χ0n) is 12.9. The van der Waals surface area contributed by atoms with Crippen LogP contribution in [-0.4, -0.2) is 40.9 Å². The van der Waals surface area contributed by atoms with Crippen LogP contribution in [0.4, 0.5) is 0 Å². The minimum Gasteiger partial charge on any atom is -0.388 e. The van der Waals surface area contributed by atoms with Gasteiger partial charge in [-0.25, -0.2) is 0 Å². The second-order valence-corrected chi connectivity index (χ2v) is 6.02. The van der Waals surface area contributed by atoms with Crippen LogP contribution < -0.4 is 5.32 Å². The van der Waals surface area contributed by atoms with Gasteiger partial charge in [-0.05, 0) is 25.0 Å². The first-order valence-electron chi connectivity index (χ1n) is 7.51. The highest BCUT2D eigenvalue weighted by molar-refractivity contribution is 5.93. The highest BCUT2D eigenvalue weighted by atomic mass is 16.5. The van der Waals surface area contributed by atoms with E-state index in [1.165, 1.54) is 0 Å². The van der Waals surface area contributed by atoms with Gasteiger partial charge in [0, 0.05) is 37.9 Å². The highest BCUT2D eigenvalue weighted by Gasteiger charge is 2.43. The van der Waals surface area contributed by atoms with Gasteiger partial charge in [0.2, 0.25) is 0 Å². The first-order chi connectivity index (χ1) is 9.93. The molecule has 1 aliphatic rings. The summed E-state index contributed by atoms with van der Waals surface area (Å²) in [5.41, 5.74) is 0.647. The fourth-order valence-electron chi connectivity index (χ4n) is 2.51. The van der Waals surface area contributed by atoms with Gasteiger partial charge >= 0.3 is 0 Å². The van der Waals surface area contributed by atoms with Gasteiger partial charge in [0.25, 0.3) is 5.91 Å². The summed E-state index contributed by atoms with van der Waals surface area (Å²) < 4.78 is 5.42. The van der Waals surface area contributed by atoms with E-state index in [1.54, 1.807) is 12.3 Å². The van der Waals surface area contributed by atoms with Crippen LogP contribution in [0.1, 0.15) is 55.6 Å². The lowest BCUT2D eigenvalue weighted by molar-refractivity contribution is -0.133. The molecule has 1 aliphatic carbocycles. The quantitative estimate of drug-likeness (QED) is 0.839. The van der Waals surface area contributed by atoms with E-state index in [9.17, 15) is 9.90 Å². The van der Waals surface area contributed by atoms with Crippen LogP contribution in [0.15, 0.2) is 18.3 Å². The molecule has 0 aliphatic heterocycles. The van der Waals surface area contributed by atoms with Gasteiger partial charge in [-0.1, -0.05) is 13.8 Å². The number of aromatic nitrogens is 1. The topological polar surface area (TPSA) is 71.5 Å². The molecule has 2 rings (SSSR count). The van der Waals surface area contributed by atoms with Crippen molar-refractivity contribution in [1.82, 2.24) is 10.3 Å². The molecule has 2 N–H and O–H groups in total. The summed E-state index contributed by atoms with van der Waals surface area (Å²) in [5.74, 6) is 0.138. The van der Waals surface area contributed by atoms with Gasteiger partial charge in [-0.2, -0.15) is 0 Å². The molecule has 21 heavy (non-hydrogen) atoms. The summed E-state index contributed by atoms with van der Waals surface area (Å²) in [5, 5.41) is 13.0. The van der Waals surface area contributed by atoms with E-state index < -0.39 is 5.60 Å². The van der Waals surface area contributed by atoms with Crippen LogP contribution >= 0.6 is 0 Å². The van der Waals surface area contributed by atoms with Gasteiger partial charge in [0.15, 0.2) is 0 Å². The normalized spacial score (nSPS) is 24.7. The number of aliphatic hydroxyl groups is 1. The van der Waals surface area contributed by atoms with Crippen molar-refractivity contribution in [1.29, 1.82) is 0 Å². The molecule has 0 atom stereocenters. The Labute approximate surface area is 125 Å². The minimum absolute atomic E-state index is 0.115. The lowest BCUT2D eigenvalue weighted by Gasteiger charge is -2.43. The fraction of sp³-hybridized carbons (Fsp3) is 0.625. The summed E-state index contributed by atoms with van der Waals surface area (Å²) in [6.45, 7) is 6.96. The maximum Gasteiger partial charge on any atom is 0.252 e. The Morgan fingerprint density at radius 3 is 2.76 bits per heavy atom. The Hall–Kier alpha value is -1.46. The van der Waals surface area contributed by atoms with Crippen molar-refractivity contribution in [3.8, 4) is 0 Å². The molecule has 116 valence electrons. The van der Waals surface area contributed by atoms with E-state index in [0.717, 1.165) is 5.69 Å². The molecule has 0 bridgehead atoms. The van der Waals surface area contributed by atoms with Crippen molar-refractivity contribution >= 4 is 5.91 Å². The molecule has 1 saturated carbocycles. The van der Waals surface area contributed by atoms with Crippen LogP contribution in [0.3, 0.4) is 0 Å². The van der Waals surface area contributed by atoms with Crippen molar-refractivity contribution in [2.45, 2.75) is 51.2 Å².